The molecule has 1 aliphatic heterocycles. The van der Waals surface area contributed by atoms with Gasteiger partial charge in [-0.15, -0.1) is 10.2 Å². The Morgan fingerprint density at radius 1 is 1.64 bits per heavy atom. The molecule has 1 aliphatic rings. The van der Waals surface area contributed by atoms with Crippen LogP contribution < -0.4 is 5.32 Å². The summed E-state index contributed by atoms with van der Waals surface area (Å²) in [7, 11) is 2.12. The van der Waals surface area contributed by atoms with Crippen molar-refractivity contribution in [3.05, 3.63) is 9.47 Å². The van der Waals surface area contributed by atoms with Crippen LogP contribution in [0.25, 0.3) is 0 Å². The first-order valence-corrected chi connectivity index (χ1v) is 5.84. The van der Waals surface area contributed by atoms with Crippen molar-refractivity contribution in [1.29, 1.82) is 0 Å². The van der Waals surface area contributed by atoms with Crippen molar-refractivity contribution in [1.82, 2.24) is 20.4 Å². The van der Waals surface area contributed by atoms with Crippen molar-refractivity contribution in [3.63, 3.8) is 0 Å². The van der Waals surface area contributed by atoms with E-state index in [4.69, 9.17) is 11.6 Å². The summed E-state index contributed by atoms with van der Waals surface area (Å²) in [5.74, 6) is 0. The lowest BCUT2D eigenvalue weighted by molar-refractivity contribution is 0.248. The molecule has 0 saturated carbocycles. The molecule has 2 rings (SSSR count). The van der Waals surface area contributed by atoms with E-state index in [9.17, 15) is 0 Å². The number of rotatable bonds is 3. The topological polar surface area (TPSA) is 41.1 Å². The SMILES string of the molecule is CN(Cc1nnc(Cl)s1)C1CCNC1. The van der Waals surface area contributed by atoms with Gasteiger partial charge in [-0.3, -0.25) is 4.90 Å². The first kappa shape index (κ1) is 10.3. The van der Waals surface area contributed by atoms with Crippen LogP contribution in [0.5, 0.6) is 0 Å². The van der Waals surface area contributed by atoms with Crippen molar-refractivity contribution in [3.8, 4) is 0 Å². The molecular formula is C8H13ClN4S. The first-order valence-electron chi connectivity index (χ1n) is 4.64. The molecule has 0 aromatic carbocycles. The molecule has 0 amide bonds. The van der Waals surface area contributed by atoms with Gasteiger partial charge >= 0.3 is 0 Å². The Labute approximate surface area is 92.3 Å². The quantitative estimate of drug-likeness (QED) is 0.844. The monoisotopic (exact) mass is 232 g/mol. The summed E-state index contributed by atoms with van der Waals surface area (Å²) in [5, 5.41) is 12.1. The lowest BCUT2D eigenvalue weighted by atomic mass is 10.2. The van der Waals surface area contributed by atoms with E-state index in [1.54, 1.807) is 0 Å². The van der Waals surface area contributed by atoms with Crippen LogP contribution in [0.15, 0.2) is 0 Å². The average molecular weight is 233 g/mol. The smallest absolute Gasteiger partial charge is 0.207 e. The van der Waals surface area contributed by atoms with Crippen LogP contribution in [0, 0.1) is 0 Å². The molecule has 0 aliphatic carbocycles. The van der Waals surface area contributed by atoms with E-state index in [0.29, 0.717) is 10.5 Å². The molecule has 0 spiro atoms. The normalized spacial score (nSPS) is 22.1. The van der Waals surface area contributed by atoms with E-state index in [1.165, 1.54) is 17.8 Å². The lowest BCUT2D eigenvalue weighted by Crippen LogP contribution is -2.32. The number of likely N-dealkylation sites (N-methyl/N-ethyl adjacent to an activating group) is 1. The number of nitrogens with one attached hydrogen (secondary N) is 1. The predicted octanol–water partition coefficient (Wildman–Crippen LogP) is 0.985. The van der Waals surface area contributed by atoms with Crippen LogP contribution in [-0.2, 0) is 6.54 Å². The number of hydrogen-bond acceptors (Lipinski definition) is 5. The highest BCUT2D eigenvalue weighted by Crippen LogP contribution is 2.17. The Morgan fingerprint density at radius 3 is 3.07 bits per heavy atom. The zero-order chi connectivity index (χ0) is 9.97. The van der Waals surface area contributed by atoms with Crippen molar-refractivity contribution in [2.24, 2.45) is 0 Å². The maximum Gasteiger partial charge on any atom is 0.207 e. The predicted molar refractivity (Wildman–Crippen MR) is 57.7 cm³/mol. The van der Waals surface area contributed by atoms with Crippen molar-refractivity contribution >= 4 is 22.9 Å². The van der Waals surface area contributed by atoms with Gasteiger partial charge in [0.15, 0.2) is 0 Å². The summed E-state index contributed by atoms with van der Waals surface area (Å²) in [6.45, 7) is 3.03. The molecule has 1 N–H and O–H groups in total. The number of hydrogen-bond donors (Lipinski definition) is 1. The van der Waals surface area contributed by atoms with E-state index < -0.39 is 0 Å². The zero-order valence-corrected chi connectivity index (χ0v) is 9.61. The number of halogens is 1. The highest BCUT2D eigenvalue weighted by Gasteiger charge is 2.19. The van der Waals surface area contributed by atoms with Gasteiger partial charge < -0.3 is 5.32 Å². The maximum absolute atomic E-state index is 5.72. The first-order chi connectivity index (χ1) is 6.75. The molecule has 0 radical (unpaired) electrons. The van der Waals surface area contributed by atoms with Gasteiger partial charge in [-0.1, -0.05) is 11.3 Å². The molecule has 78 valence electrons. The standard InChI is InChI=1S/C8H13ClN4S/c1-13(6-2-3-10-4-6)5-7-11-12-8(9)14-7/h6,10H,2-5H2,1H3. The van der Waals surface area contributed by atoms with Gasteiger partial charge in [0.1, 0.15) is 5.01 Å². The second-order valence-electron chi connectivity index (χ2n) is 3.51. The second-order valence-corrected chi connectivity index (χ2v) is 5.15. The second kappa shape index (κ2) is 4.53. The fourth-order valence-corrected chi connectivity index (χ4v) is 2.59. The fourth-order valence-electron chi connectivity index (χ4n) is 1.66. The summed E-state index contributed by atoms with van der Waals surface area (Å²) in [6, 6.07) is 0.623. The Morgan fingerprint density at radius 2 is 2.50 bits per heavy atom. The van der Waals surface area contributed by atoms with E-state index >= 15 is 0 Å². The van der Waals surface area contributed by atoms with E-state index in [1.807, 2.05) is 0 Å². The number of aromatic nitrogens is 2. The van der Waals surface area contributed by atoms with Gasteiger partial charge in [0.2, 0.25) is 4.47 Å². The molecule has 1 saturated heterocycles. The van der Waals surface area contributed by atoms with E-state index in [2.05, 4.69) is 27.5 Å². The summed E-state index contributed by atoms with van der Waals surface area (Å²) >= 11 is 7.17. The summed E-state index contributed by atoms with van der Waals surface area (Å²) in [5.41, 5.74) is 0. The average Bonchev–Trinajstić information content (AvgIpc) is 2.75. The zero-order valence-electron chi connectivity index (χ0n) is 8.03. The largest absolute Gasteiger partial charge is 0.315 e. The summed E-state index contributed by atoms with van der Waals surface area (Å²) in [4.78, 5) is 2.30. The van der Waals surface area contributed by atoms with Crippen LogP contribution in [0.2, 0.25) is 4.47 Å². The number of nitrogens with zero attached hydrogens (tertiary/aromatic N) is 3. The molecule has 1 aromatic heterocycles. The lowest BCUT2D eigenvalue weighted by Gasteiger charge is -2.21. The maximum atomic E-state index is 5.72. The van der Waals surface area contributed by atoms with Crippen LogP contribution in [0.1, 0.15) is 11.4 Å². The molecule has 1 atom stereocenters. The fraction of sp³-hybridized carbons (Fsp3) is 0.750. The molecular weight excluding hydrogens is 220 g/mol. The van der Waals surface area contributed by atoms with Gasteiger partial charge in [0.05, 0.1) is 6.54 Å². The molecule has 1 fully saturated rings. The highest BCUT2D eigenvalue weighted by molar-refractivity contribution is 7.15. The Kier molecular flexibility index (Phi) is 3.33. The van der Waals surface area contributed by atoms with Gasteiger partial charge in [-0.25, -0.2) is 0 Å². The van der Waals surface area contributed by atoms with Crippen molar-refractivity contribution in [2.45, 2.75) is 19.0 Å². The third-order valence-corrected chi connectivity index (χ3v) is 3.49. The van der Waals surface area contributed by atoms with Crippen LogP contribution >= 0.6 is 22.9 Å². The minimum absolute atomic E-state index is 0.526. The van der Waals surface area contributed by atoms with Crippen LogP contribution in [0.4, 0.5) is 0 Å². The molecule has 14 heavy (non-hydrogen) atoms. The Bertz CT molecular complexity index is 297. The Hall–Kier alpha value is -0.230. The minimum Gasteiger partial charge on any atom is -0.315 e. The van der Waals surface area contributed by atoms with Crippen molar-refractivity contribution in [2.75, 3.05) is 20.1 Å². The minimum atomic E-state index is 0.526. The van der Waals surface area contributed by atoms with Gasteiger partial charge in [-0.2, -0.15) is 0 Å². The molecule has 4 nitrogen and oxygen atoms in total. The van der Waals surface area contributed by atoms with Gasteiger partial charge in [-0.05, 0) is 31.6 Å². The van der Waals surface area contributed by atoms with Crippen LogP contribution in [0.3, 0.4) is 0 Å². The molecule has 2 heterocycles. The molecule has 0 bridgehead atoms. The Balaban J connectivity index is 1.90. The summed E-state index contributed by atoms with van der Waals surface area (Å²) < 4.78 is 0.526. The van der Waals surface area contributed by atoms with E-state index in [-0.39, 0.29) is 0 Å². The summed E-state index contributed by atoms with van der Waals surface area (Å²) in [6.07, 6.45) is 1.21. The van der Waals surface area contributed by atoms with Crippen molar-refractivity contribution < 1.29 is 0 Å². The van der Waals surface area contributed by atoms with Crippen LogP contribution in [-0.4, -0.2) is 41.3 Å². The third kappa shape index (κ3) is 2.42. The molecule has 1 aromatic rings. The molecule has 6 heteroatoms. The third-order valence-electron chi connectivity index (χ3n) is 2.48. The van der Waals surface area contributed by atoms with Gasteiger partial charge in [0.25, 0.3) is 0 Å². The highest BCUT2D eigenvalue weighted by atomic mass is 35.5. The van der Waals surface area contributed by atoms with E-state index in [0.717, 1.165) is 24.6 Å². The van der Waals surface area contributed by atoms with Gasteiger partial charge in [0, 0.05) is 12.6 Å². The molecule has 1 unspecified atom stereocenters.